The molecule has 1 aromatic heterocycles. The van der Waals surface area contributed by atoms with E-state index in [0.717, 1.165) is 28.4 Å². The van der Waals surface area contributed by atoms with Gasteiger partial charge in [-0.05, 0) is 62.4 Å². The molecule has 4 rings (SSSR count). The van der Waals surface area contributed by atoms with E-state index < -0.39 is 0 Å². The Bertz CT molecular complexity index is 1080. The highest BCUT2D eigenvalue weighted by Crippen LogP contribution is 2.32. The highest BCUT2D eigenvalue weighted by atomic mass is 16.7. The molecule has 1 aliphatic rings. The topological polar surface area (TPSA) is 74.1 Å². The van der Waals surface area contributed by atoms with Crippen molar-refractivity contribution in [3.63, 3.8) is 0 Å². The van der Waals surface area contributed by atoms with E-state index >= 15 is 0 Å². The number of carbonyl (C=O) groups is 1. The van der Waals surface area contributed by atoms with E-state index in [1.165, 1.54) is 0 Å². The fraction of sp³-hybridized carbons (Fsp3) is 0.182. The first kappa shape index (κ1) is 18.6. The highest BCUT2D eigenvalue weighted by molar-refractivity contribution is 5.95. The predicted octanol–water partition coefficient (Wildman–Crippen LogP) is 3.60. The van der Waals surface area contributed by atoms with Gasteiger partial charge in [0.15, 0.2) is 11.5 Å². The molecule has 2 aromatic carbocycles. The number of aryl methyl sites for hydroxylation is 1. The number of amides is 1. The molecular weight excluding hydrogens is 370 g/mol. The maximum absolute atomic E-state index is 12.3. The summed E-state index contributed by atoms with van der Waals surface area (Å²) < 4.78 is 17.9. The molecule has 0 spiro atoms. The lowest BCUT2D eigenvalue weighted by atomic mass is 10.2. The van der Waals surface area contributed by atoms with Crippen LogP contribution in [0.3, 0.4) is 0 Å². The van der Waals surface area contributed by atoms with Crippen LogP contribution in [0.15, 0.2) is 53.6 Å². The van der Waals surface area contributed by atoms with Crippen molar-refractivity contribution in [2.24, 2.45) is 5.10 Å². The summed E-state index contributed by atoms with van der Waals surface area (Å²) >= 11 is 0. The number of aromatic nitrogens is 1. The molecule has 7 nitrogen and oxygen atoms in total. The standard InChI is InChI=1S/C22H21N3O4/c1-14-10-17(15(2)25(14)18-5-7-19(27-3)8-6-18)12-23-24-22(26)16-4-9-20-21(11-16)29-13-28-20/h4-12H,13H2,1-3H3,(H,24,26)/b23-12-. The number of rotatable bonds is 5. The van der Waals surface area contributed by atoms with E-state index in [-0.39, 0.29) is 12.7 Å². The van der Waals surface area contributed by atoms with E-state index in [9.17, 15) is 4.79 Å². The maximum atomic E-state index is 12.3. The Hall–Kier alpha value is -3.74. The zero-order valence-electron chi connectivity index (χ0n) is 16.4. The molecule has 0 saturated heterocycles. The molecule has 1 N–H and O–H groups in total. The SMILES string of the molecule is COc1ccc(-n2c(C)cc(/C=N\NC(=O)c3ccc4c(c3)OCO4)c2C)cc1. The Morgan fingerprint density at radius 2 is 1.86 bits per heavy atom. The number of hydrogen-bond donors (Lipinski definition) is 1. The fourth-order valence-corrected chi connectivity index (χ4v) is 3.31. The normalized spacial score (nSPS) is 12.4. The van der Waals surface area contributed by atoms with Crippen LogP contribution in [0.4, 0.5) is 0 Å². The monoisotopic (exact) mass is 391 g/mol. The van der Waals surface area contributed by atoms with E-state index in [1.54, 1.807) is 31.5 Å². The summed E-state index contributed by atoms with van der Waals surface area (Å²) in [6, 6.07) is 14.9. The van der Waals surface area contributed by atoms with Gasteiger partial charge in [0.1, 0.15) is 5.75 Å². The van der Waals surface area contributed by atoms with Crippen molar-refractivity contribution in [1.29, 1.82) is 0 Å². The second-order valence-electron chi connectivity index (χ2n) is 6.63. The molecule has 3 aromatic rings. The minimum atomic E-state index is -0.316. The van der Waals surface area contributed by atoms with Crippen LogP contribution >= 0.6 is 0 Å². The quantitative estimate of drug-likeness (QED) is 0.533. The number of nitrogens with zero attached hydrogens (tertiary/aromatic N) is 2. The van der Waals surface area contributed by atoms with E-state index in [1.807, 2.05) is 44.2 Å². The summed E-state index contributed by atoms with van der Waals surface area (Å²) in [5, 5.41) is 4.12. The minimum Gasteiger partial charge on any atom is -0.497 e. The van der Waals surface area contributed by atoms with Crippen LogP contribution in [0, 0.1) is 13.8 Å². The van der Waals surface area contributed by atoms with Gasteiger partial charge in [0.05, 0.1) is 13.3 Å². The third kappa shape index (κ3) is 3.67. The molecule has 0 atom stereocenters. The van der Waals surface area contributed by atoms with Crippen LogP contribution in [0.2, 0.25) is 0 Å². The van der Waals surface area contributed by atoms with E-state index in [4.69, 9.17) is 14.2 Å². The van der Waals surface area contributed by atoms with Crippen molar-refractivity contribution < 1.29 is 19.0 Å². The van der Waals surface area contributed by atoms with Gasteiger partial charge in [-0.25, -0.2) is 5.43 Å². The molecule has 0 aliphatic carbocycles. The Morgan fingerprint density at radius 3 is 2.62 bits per heavy atom. The van der Waals surface area contributed by atoms with Gasteiger partial charge in [-0.1, -0.05) is 0 Å². The third-order valence-corrected chi connectivity index (χ3v) is 4.81. The molecule has 29 heavy (non-hydrogen) atoms. The average molecular weight is 391 g/mol. The molecule has 148 valence electrons. The van der Waals surface area contributed by atoms with Gasteiger partial charge in [0.2, 0.25) is 6.79 Å². The molecule has 0 fully saturated rings. The van der Waals surface area contributed by atoms with Crippen molar-refractivity contribution in [2.75, 3.05) is 13.9 Å². The molecule has 0 saturated carbocycles. The third-order valence-electron chi connectivity index (χ3n) is 4.81. The van der Waals surface area contributed by atoms with E-state index in [2.05, 4.69) is 15.1 Å². The molecule has 1 aliphatic heterocycles. The predicted molar refractivity (Wildman–Crippen MR) is 109 cm³/mol. The molecule has 2 heterocycles. The number of hydrogen-bond acceptors (Lipinski definition) is 5. The minimum absolute atomic E-state index is 0.169. The van der Waals surface area contributed by atoms with E-state index in [0.29, 0.717) is 17.1 Å². The summed E-state index contributed by atoms with van der Waals surface area (Å²) in [6.07, 6.45) is 1.65. The Morgan fingerprint density at radius 1 is 1.10 bits per heavy atom. The first-order valence-corrected chi connectivity index (χ1v) is 9.13. The van der Waals surface area contributed by atoms with Crippen LogP contribution in [-0.4, -0.2) is 30.6 Å². The zero-order valence-corrected chi connectivity index (χ0v) is 16.4. The molecule has 7 heteroatoms. The molecule has 0 unspecified atom stereocenters. The van der Waals surface area contributed by atoms with Gasteiger partial charge in [0.25, 0.3) is 5.91 Å². The summed E-state index contributed by atoms with van der Waals surface area (Å²) in [4.78, 5) is 12.3. The van der Waals surface area contributed by atoms with Crippen LogP contribution in [0.25, 0.3) is 5.69 Å². The van der Waals surface area contributed by atoms with Gasteiger partial charge in [0, 0.05) is 28.2 Å². The number of benzene rings is 2. The number of ether oxygens (including phenoxy) is 3. The number of hydrazone groups is 1. The van der Waals surface area contributed by atoms with Crippen LogP contribution in [0.1, 0.15) is 27.3 Å². The second-order valence-corrected chi connectivity index (χ2v) is 6.63. The van der Waals surface area contributed by atoms with Crippen LogP contribution in [-0.2, 0) is 0 Å². The smallest absolute Gasteiger partial charge is 0.271 e. The molecule has 1 amide bonds. The Labute approximate surface area is 168 Å². The maximum Gasteiger partial charge on any atom is 0.271 e. The summed E-state index contributed by atoms with van der Waals surface area (Å²) in [7, 11) is 1.65. The highest BCUT2D eigenvalue weighted by Gasteiger charge is 2.16. The Balaban J connectivity index is 1.49. The number of nitrogens with one attached hydrogen (secondary N) is 1. The lowest BCUT2D eigenvalue weighted by Crippen LogP contribution is -2.17. The average Bonchev–Trinajstić information content (AvgIpc) is 3.31. The van der Waals surface area contributed by atoms with Crippen LogP contribution < -0.4 is 19.6 Å². The first-order chi connectivity index (χ1) is 14.1. The summed E-state index contributed by atoms with van der Waals surface area (Å²) in [5.74, 6) is 1.69. The van der Waals surface area contributed by atoms with Crippen molar-refractivity contribution >= 4 is 12.1 Å². The second kappa shape index (κ2) is 7.71. The van der Waals surface area contributed by atoms with Crippen molar-refractivity contribution in [3.05, 3.63) is 71.0 Å². The van der Waals surface area contributed by atoms with Crippen molar-refractivity contribution in [1.82, 2.24) is 9.99 Å². The summed E-state index contributed by atoms with van der Waals surface area (Å²) in [6.45, 7) is 4.21. The number of methoxy groups -OCH3 is 1. The number of carbonyl (C=O) groups excluding carboxylic acids is 1. The van der Waals surface area contributed by atoms with Gasteiger partial charge >= 0.3 is 0 Å². The van der Waals surface area contributed by atoms with Gasteiger partial charge in [-0.15, -0.1) is 0 Å². The largest absolute Gasteiger partial charge is 0.497 e. The zero-order chi connectivity index (χ0) is 20.4. The molecule has 0 radical (unpaired) electrons. The molecular formula is C22H21N3O4. The van der Waals surface area contributed by atoms with Gasteiger partial charge < -0.3 is 18.8 Å². The Kier molecular flexibility index (Phi) is 4.95. The van der Waals surface area contributed by atoms with Gasteiger partial charge in [-0.2, -0.15) is 5.10 Å². The molecule has 0 bridgehead atoms. The van der Waals surface area contributed by atoms with Crippen molar-refractivity contribution in [3.8, 4) is 22.9 Å². The van der Waals surface area contributed by atoms with Gasteiger partial charge in [-0.3, -0.25) is 4.79 Å². The lowest BCUT2D eigenvalue weighted by Gasteiger charge is -2.10. The fourth-order valence-electron chi connectivity index (χ4n) is 3.31. The first-order valence-electron chi connectivity index (χ1n) is 9.13. The number of fused-ring (bicyclic) bond motifs is 1. The van der Waals surface area contributed by atoms with Crippen LogP contribution in [0.5, 0.6) is 17.2 Å². The summed E-state index contributed by atoms with van der Waals surface area (Å²) in [5.41, 5.74) is 7.05. The van der Waals surface area contributed by atoms with Crippen molar-refractivity contribution in [2.45, 2.75) is 13.8 Å². The lowest BCUT2D eigenvalue weighted by molar-refractivity contribution is 0.0954.